The summed E-state index contributed by atoms with van der Waals surface area (Å²) in [5.41, 5.74) is 7.69. The Morgan fingerprint density at radius 2 is 2.17 bits per heavy atom. The third-order valence-electron chi connectivity index (χ3n) is 3.52. The van der Waals surface area contributed by atoms with Crippen LogP contribution in [0.3, 0.4) is 0 Å². The molecule has 0 aliphatic carbocycles. The standard InChI is InChI=1S/C17H16ClN5O/c1-17(2,9-19)10-24-14-8-21-15(18)7-13(14)11-3-4-23-12(5-11)6-16(20)22-23/h3-8H,10H2,1-2H3,(H2,20,22). The summed E-state index contributed by atoms with van der Waals surface area (Å²) in [6.45, 7) is 3.88. The molecule has 2 N–H and O–H groups in total. The predicted octanol–water partition coefficient (Wildman–Crippen LogP) is 3.56. The highest BCUT2D eigenvalue weighted by Crippen LogP contribution is 2.33. The first-order chi connectivity index (χ1) is 11.4. The van der Waals surface area contributed by atoms with Crippen molar-refractivity contribution >= 4 is 22.9 Å². The highest BCUT2D eigenvalue weighted by molar-refractivity contribution is 6.29. The molecule has 0 bridgehead atoms. The number of rotatable bonds is 4. The quantitative estimate of drug-likeness (QED) is 0.733. The van der Waals surface area contributed by atoms with Gasteiger partial charge in [0.25, 0.3) is 0 Å². The van der Waals surface area contributed by atoms with Gasteiger partial charge in [-0.15, -0.1) is 0 Å². The second-order valence-electron chi connectivity index (χ2n) is 6.14. The van der Waals surface area contributed by atoms with Crippen LogP contribution < -0.4 is 10.5 Å². The summed E-state index contributed by atoms with van der Waals surface area (Å²) >= 11 is 6.05. The molecule has 0 saturated heterocycles. The van der Waals surface area contributed by atoms with Crippen molar-refractivity contribution in [1.82, 2.24) is 14.6 Å². The third-order valence-corrected chi connectivity index (χ3v) is 3.73. The van der Waals surface area contributed by atoms with Gasteiger partial charge in [-0.3, -0.25) is 0 Å². The number of pyridine rings is 2. The van der Waals surface area contributed by atoms with Crippen molar-refractivity contribution in [2.75, 3.05) is 12.3 Å². The first-order valence-electron chi connectivity index (χ1n) is 7.33. The molecule has 0 amide bonds. The molecule has 0 saturated carbocycles. The summed E-state index contributed by atoms with van der Waals surface area (Å²) in [4.78, 5) is 4.08. The molecule has 0 unspecified atom stereocenters. The lowest BCUT2D eigenvalue weighted by molar-refractivity contribution is 0.227. The van der Waals surface area contributed by atoms with Gasteiger partial charge in [-0.25, -0.2) is 9.50 Å². The van der Waals surface area contributed by atoms with Crippen LogP contribution in [0, 0.1) is 16.7 Å². The van der Waals surface area contributed by atoms with Crippen LogP contribution in [0.15, 0.2) is 36.7 Å². The molecule has 3 aromatic rings. The van der Waals surface area contributed by atoms with Gasteiger partial charge in [-0.05, 0) is 37.6 Å². The molecule has 0 fully saturated rings. The largest absolute Gasteiger partial charge is 0.490 e. The fraction of sp³-hybridized carbons (Fsp3) is 0.235. The Hall–Kier alpha value is -2.78. The van der Waals surface area contributed by atoms with E-state index in [1.165, 1.54) is 0 Å². The van der Waals surface area contributed by atoms with Crippen LogP contribution in [0.25, 0.3) is 16.6 Å². The molecule has 6 nitrogen and oxygen atoms in total. The minimum Gasteiger partial charge on any atom is -0.490 e. The van der Waals surface area contributed by atoms with Crippen molar-refractivity contribution in [1.29, 1.82) is 5.26 Å². The number of fused-ring (bicyclic) bond motifs is 1. The van der Waals surface area contributed by atoms with E-state index in [2.05, 4.69) is 16.2 Å². The Morgan fingerprint density at radius 1 is 1.38 bits per heavy atom. The molecule has 0 spiro atoms. The van der Waals surface area contributed by atoms with Gasteiger partial charge in [0.15, 0.2) is 0 Å². The molecule has 0 atom stereocenters. The Kier molecular flexibility index (Phi) is 4.04. The van der Waals surface area contributed by atoms with Crippen LogP contribution in [0.5, 0.6) is 5.75 Å². The molecule has 3 rings (SSSR count). The topological polar surface area (TPSA) is 89.2 Å². The minimum atomic E-state index is -0.596. The number of ether oxygens (including phenoxy) is 1. The number of nitrogen functional groups attached to an aromatic ring is 1. The summed E-state index contributed by atoms with van der Waals surface area (Å²) in [5, 5.41) is 13.7. The SMILES string of the molecule is CC(C)(C#N)COc1cnc(Cl)cc1-c1ccn2nc(N)cc2c1. The van der Waals surface area contributed by atoms with E-state index in [4.69, 9.17) is 27.3 Å². The second kappa shape index (κ2) is 6.02. The van der Waals surface area contributed by atoms with Gasteiger partial charge in [-0.1, -0.05) is 11.6 Å². The summed E-state index contributed by atoms with van der Waals surface area (Å²) in [6, 6.07) is 9.57. The molecule has 0 aliphatic heterocycles. The number of nitrogens with two attached hydrogens (primary N) is 1. The van der Waals surface area contributed by atoms with Crippen LogP contribution in [-0.4, -0.2) is 21.2 Å². The van der Waals surface area contributed by atoms with E-state index in [-0.39, 0.29) is 6.61 Å². The number of nitriles is 1. The smallest absolute Gasteiger partial charge is 0.146 e. The number of halogens is 1. The average molecular weight is 342 g/mol. The maximum atomic E-state index is 9.13. The summed E-state index contributed by atoms with van der Waals surface area (Å²) in [6.07, 6.45) is 3.39. The molecule has 122 valence electrons. The zero-order chi connectivity index (χ0) is 17.3. The van der Waals surface area contributed by atoms with Crippen molar-refractivity contribution in [3.8, 4) is 22.9 Å². The predicted molar refractivity (Wildman–Crippen MR) is 92.7 cm³/mol. The van der Waals surface area contributed by atoms with E-state index < -0.39 is 5.41 Å². The molecule has 7 heteroatoms. The Balaban J connectivity index is 2.01. The van der Waals surface area contributed by atoms with Gasteiger partial charge < -0.3 is 10.5 Å². The third kappa shape index (κ3) is 3.26. The Morgan fingerprint density at radius 3 is 2.92 bits per heavy atom. The minimum absolute atomic E-state index is 0.252. The van der Waals surface area contributed by atoms with Gasteiger partial charge >= 0.3 is 0 Å². The van der Waals surface area contributed by atoms with Crippen LogP contribution in [0.1, 0.15) is 13.8 Å². The summed E-state index contributed by atoms with van der Waals surface area (Å²) in [7, 11) is 0. The van der Waals surface area contributed by atoms with E-state index in [1.807, 2.05) is 32.2 Å². The molecule has 0 aliphatic rings. The van der Waals surface area contributed by atoms with Crippen molar-refractivity contribution in [2.45, 2.75) is 13.8 Å². The molecular formula is C17H16ClN5O. The maximum absolute atomic E-state index is 9.13. The molecule has 3 aromatic heterocycles. The molecule has 0 aromatic carbocycles. The van der Waals surface area contributed by atoms with Gasteiger partial charge in [-0.2, -0.15) is 10.4 Å². The summed E-state index contributed by atoms with van der Waals surface area (Å²) < 4.78 is 7.52. The molecule has 3 heterocycles. The highest BCUT2D eigenvalue weighted by Gasteiger charge is 2.19. The number of hydrogen-bond donors (Lipinski definition) is 1. The lowest BCUT2D eigenvalue weighted by Gasteiger charge is -2.18. The first-order valence-corrected chi connectivity index (χ1v) is 7.71. The van der Waals surface area contributed by atoms with Crippen molar-refractivity contribution in [2.24, 2.45) is 5.41 Å². The summed E-state index contributed by atoms with van der Waals surface area (Å²) in [5.74, 6) is 1.02. The lowest BCUT2D eigenvalue weighted by atomic mass is 9.97. The normalized spacial score (nSPS) is 11.4. The highest BCUT2D eigenvalue weighted by atomic mass is 35.5. The van der Waals surface area contributed by atoms with E-state index in [0.29, 0.717) is 16.7 Å². The van der Waals surface area contributed by atoms with E-state index in [1.54, 1.807) is 22.8 Å². The van der Waals surface area contributed by atoms with Crippen molar-refractivity contribution < 1.29 is 4.74 Å². The maximum Gasteiger partial charge on any atom is 0.146 e. The number of hydrogen-bond acceptors (Lipinski definition) is 5. The van der Waals surface area contributed by atoms with Crippen molar-refractivity contribution in [3.05, 3.63) is 41.8 Å². The second-order valence-corrected chi connectivity index (χ2v) is 6.53. The fourth-order valence-corrected chi connectivity index (χ4v) is 2.39. The Bertz CT molecular complexity index is 942. The van der Waals surface area contributed by atoms with Gasteiger partial charge in [0.1, 0.15) is 23.3 Å². The van der Waals surface area contributed by atoms with Crippen molar-refractivity contribution in [3.63, 3.8) is 0 Å². The van der Waals surface area contributed by atoms with E-state index in [9.17, 15) is 0 Å². The first kappa shape index (κ1) is 16.1. The van der Waals surface area contributed by atoms with Crippen LogP contribution >= 0.6 is 11.6 Å². The fourth-order valence-electron chi connectivity index (χ4n) is 2.23. The number of aromatic nitrogens is 3. The zero-order valence-electron chi connectivity index (χ0n) is 13.3. The molecule has 0 radical (unpaired) electrons. The van der Waals surface area contributed by atoms with E-state index in [0.717, 1.165) is 16.6 Å². The monoisotopic (exact) mass is 341 g/mol. The van der Waals surface area contributed by atoms with E-state index >= 15 is 0 Å². The van der Waals surface area contributed by atoms with Gasteiger partial charge in [0, 0.05) is 17.8 Å². The number of nitrogens with zero attached hydrogens (tertiary/aromatic N) is 4. The number of anilines is 1. The average Bonchev–Trinajstić information content (AvgIpc) is 2.92. The van der Waals surface area contributed by atoms with Crippen LogP contribution in [0.4, 0.5) is 5.82 Å². The Labute approximate surface area is 144 Å². The van der Waals surface area contributed by atoms with Gasteiger partial charge in [0.05, 0.1) is 23.2 Å². The molecule has 24 heavy (non-hydrogen) atoms. The van der Waals surface area contributed by atoms with Crippen LogP contribution in [0.2, 0.25) is 5.15 Å². The lowest BCUT2D eigenvalue weighted by Crippen LogP contribution is -2.19. The van der Waals surface area contributed by atoms with Gasteiger partial charge in [0.2, 0.25) is 0 Å². The van der Waals surface area contributed by atoms with Crippen LogP contribution in [-0.2, 0) is 0 Å². The molecular weight excluding hydrogens is 326 g/mol. The zero-order valence-corrected chi connectivity index (χ0v) is 14.1.